The van der Waals surface area contributed by atoms with Gasteiger partial charge in [-0.15, -0.1) is 12.6 Å². The van der Waals surface area contributed by atoms with Crippen LogP contribution in [0.4, 0.5) is 18.9 Å². The first kappa shape index (κ1) is 21.0. The number of carbonyl (C=O) groups is 1. The van der Waals surface area contributed by atoms with Gasteiger partial charge in [0.05, 0.1) is 17.2 Å². The second-order valence-electron chi connectivity index (χ2n) is 6.76. The normalized spacial score (nSPS) is 20.3. The zero-order valence-electron chi connectivity index (χ0n) is 14.9. The average Bonchev–Trinajstić information content (AvgIpc) is 3.00. The second-order valence-corrected chi connectivity index (χ2v) is 7.65. The van der Waals surface area contributed by atoms with Crippen LogP contribution in [0.2, 0.25) is 5.02 Å². The van der Waals surface area contributed by atoms with Crippen LogP contribution in [0.3, 0.4) is 0 Å². The predicted molar refractivity (Wildman–Crippen MR) is 105 cm³/mol. The maximum absolute atomic E-state index is 13.0. The minimum atomic E-state index is -1.59. The van der Waals surface area contributed by atoms with E-state index in [9.17, 15) is 18.0 Å². The first-order valence-corrected chi connectivity index (χ1v) is 9.76. The Morgan fingerprint density at radius 2 is 1.64 bits per heavy atom. The highest BCUT2D eigenvalue weighted by Gasteiger charge is 2.28. The van der Waals surface area contributed by atoms with Gasteiger partial charge in [0.15, 0.2) is 17.5 Å². The van der Waals surface area contributed by atoms with Crippen LogP contribution in [0.1, 0.15) is 42.5 Å². The number of ether oxygens (including phenoxy) is 1. The van der Waals surface area contributed by atoms with Crippen LogP contribution in [-0.4, -0.2) is 18.1 Å². The van der Waals surface area contributed by atoms with Crippen LogP contribution in [0.15, 0.2) is 35.2 Å². The smallest absolute Gasteiger partial charge is 0.255 e. The number of fused-ring (bicyclic) bond motifs is 2. The van der Waals surface area contributed by atoms with Crippen LogP contribution in [0, 0.1) is 17.5 Å². The number of carbonyl (C=O) groups excluding carboxylic acids is 1. The van der Waals surface area contributed by atoms with Crippen molar-refractivity contribution in [2.24, 2.45) is 0 Å². The summed E-state index contributed by atoms with van der Waals surface area (Å²) in [5, 5.41) is 2.62. The van der Waals surface area contributed by atoms with Gasteiger partial charge in [-0.25, -0.2) is 13.2 Å². The number of anilines is 1. The highest BCUT2D eigenvalue weighted by Crippen LogP contribution is 2.31. The number of hydrogen-bond acceptors (Lipinski definition) is 3. The van der Waals surface area contributed by atoms with Crippen molar-refractivity contribution >= 4 is 35.8 Å². The number of halogens is 4. The molecule has 1 amide bonds. The van der Waals surface area contributed by atoms with Gasteiger partial charge in [-0.3, -0.25) is 4.79 Å². The van der Waals surface area contributed by atoms with Gasteiger partial charge >= 0.3 is 0 Å². The molecule has 2 heterocycles. The van der Waals surface area contributed by atoms with E-state index in [0.29, 0.717) is 34.3 Å². The maximum atomic E-state index is 13.0. The Balaban J connectivity index is 0.000000231. The number of nitrogens with one attached hydrogen (secondary N) is 1. The fraction of sp³-hybridized carbons (Fsp3) is 0.350. The molecule has 0 aliphatic carbocycles. The van der Waals surface area contributed by atoms with Crippen molar-refractivity contribution in [3.63, 3.8) is 0 Å². The second kappa shape index (κ2) is 9.20. The third-order valence-corrected chi connectivity index (χ3v) is 5.53. The zero-order chi connectivity index (χ0) is 20.3. The summed E-state index contributed by atoms with van der Waals surface area (Å²) in [5.74, 6) is -4.98. The summed E-state index contributed by atoms with van der Waals surface area (Å²) in [4.78, 5) is 12.2. The summed E-state index contributed by atoms with van der Waals surface area (Å²) >= 11 is 9.81. The maximum Gasteiger partial charge on any atom is 0.255 e. The van der Waals surface area contributed by atoms with E-state index in [2.05, 4.69) is 17.9 Å². The number of thiol groups is 1. The van der Waals surface area contributed by atoms with E-state index in [0.717, 1.165) is 0 Å². The van der Waals surface area contributed by atoms with Crippen LogP contribution >= 0.6 is 24.2 Å². The molecule has 0 radical (unpaired) electrons. The summed E-state index contributed by atoms with van der Waals surface area (Å²) in [7, 11) is 0. The Hall–Kier alpha value is -1.70. The van der Waals surface area contributed by atoms with E-state index in [1.54, 1.807) is 0 Å². The van der Waals surface area contributed by atoms with Gasteiger partial charge in [0.1, 0.15) is 0 Å². The molecule has 2 fully saturated rings. The van der Waals surface area contributed by atoms with Gasteiger partial charge in [-0.1, -0.05) is 11.6 Å². The van der Waals surface area contributed by atoms with E-state index in [-0.39, 0.29) is 11.3 Å². The van der Waals surface area contributed by atoms with Crippen molar-refractivity contribution < 1.29 is 22.7 Å². The van der Waals surface area contributed by atoms with E-state index in [1.807, 2.05) is 0 Å². The number of benzene rings is 2. The molecule has 2 saturated heterocycles. The summed E-state index contributed by atoms with van der Waals surface area (Å²) in [6.45, 7) is 0. The molecule has 0 aromatic heterocycles. The minimum absolute atomic E-state index is 0.193. The van der Waals surface area contributed by atoms with E-state index in [1.165, 1.54) is 50.3 Å². The van der Waals surface area contributed by atoms with Crippen molar-refractivity contribution in [3.8, 4) is 0 Å². The highest BCUT2D eigenvalue weighted by molar-refractivity contribution is 7.80. The lowest BCUT2D eigenvalue weighted by molar-refractivity contribution is 0.00574. The van der Waals surface area contributed by atoms with E-state index < -0.39 is 23.4 Å². The van der Waals surface area contributed by atoms with Crippen molar-refractivity contribution in [1.29, 1.82) is 0 Å². The first-order valence-electron chi connectivity index (χ1n) is 8.93. The van der Waals surface area contributed by atoms with Gasteiger partial charge in [0.2, 0.25) is 0 Å². The van der Waals surface area contributed by atoms with Gasteiger partial charge < -0.3 is 10.1 Å². The summed E-state index contributed by atoms with van der Waals surface area (Å²) < 4.78 is 44.4. The lowest BCUT2D eigenvalue weighted by Gasteiger charge is -2.18. The summed E-state index contributed by atoms with van der Waals surface area (Å²) in [6.07, 6.45) is 8.07. The zero-order valence-corrected chi connectivity index (χ0v) is 16.5. The fourth-order valence-electron chi connectivity index (χ4n) is 3.26. The highest BCUT2D eigenvalue weighted by atomic mass is 35.5. The average molecular weight is 430 g/mol. The number of rotatable bonds is 2. The van der Waals surface area contributed by atoms with E-state index >= 15 is 0 Å². The molecule has 2 aliphatic rings. The molecule has 0 spiro atoms. The number of hydrogen-bond donors (Lipinski definition) is 2. The van der Waals surface area contributed by atoms with Crippen molar-refractivity contribution in [2.45, 2.75) is 49.2 Å². The topological polar surface area (TPSA) is 38.3 Å². The van der Waals surface area contributed by atoms with Gasteiger partial charge in [-0.2, -0.15) is 0 Å². The molecule has 2 bridgehead atoms. The quantitative estimate of drug-likeness (QED) is 0.452. The number of amides is 1. The molecule has 150 valence electrons. The third-order valence-electron chi connectivity index (χ3n) is 4.70. The minimum Gasteiger partial charge on any atom is -0.375 e. The fourth-order valence-corrected chi connectivity index (χ4v) is 3.59. The largest absolute Gasteiger partial charge is 0.375 e. The Kier molecular flexibility index (Phi) is 6.91. The molecule has 1 N–H and O–H groups in total. The molecule has 0 saturated carbocycles. The van der Waals surface area contributed by atoms with Crippen LogP contribution in [0.5, 0.6) is 0 Å². The lowest BCUT2D eigenvalue weighted by Crippen LogP contribution is -2.16. The molecule has 2 aromatic carbocycles. The molecule has 8 heteroatoms. The van der Waals surface area contributed by atoms with Gasteiger partial charge in [-0.05, 0) is 50.3 Å². The molecule has 4 rings (SSSR count). The Morgan fingerprint density at radius 1 is 1.04 bits per heavy atom. The Bertz CT molecular complexity index is 844. The summed E-state index contributed by atoms with van der Waals surface area (Å²) in [5.41, 5.74) is 0.00612. The van der Waals surface area contributed by atoms with E-state index in [4.69, 9.17) is 16.3 Å². The molecular formula is C20H19ClF3NO2S. The van der Waals surface area contributed by atoms with Crippen molar-refractivity contribution in [3.05, 3.63) is 58.4 Å². The molecule has 2 unspecified atom stereocenters. The predicted octanol–water partition coefficient (Wildman–Crippen LogP) is 6.02. The van der Waals surface area contributed by atoms with Crippen molar-refractivity contribution in [2.75, 3.05) is 5.32 Å². The molecule has 2 aromatic rings. The third kappa shape index (κ3) is 5.21. The molecule has 2 atom stereocenters. The molecule has 28 heavy (non-hydrogen) atoms. The van der Waals surface area contributed by atoms with Crippen LogP contribution in [0.25, 0.3) is 0 Å². The van der Waals surface area contributed by atoms with Crippen molar-refractivity contribution in [1.82, 2.24) is 0 Å². The Morgan fingerprint density at radius 3 is 2.18 bits per heavy atom. The first-order chi connectivity index (χ1) is 13.3. The standard InChI is InChI=1S/C13H7ClF3NOS.C7H12O/c14-8-2-1-6(3-11(8)20)13(19)18-7-4-9(15)12(17)10(16)5-7;1-2-6-4-5-7(3-1)8-6/h1-5,20H,(H,18,19);6-7H,1-5H2. The molecule has 2 aliphatic heterocycles. The molecule has 3 nitrogen and oxygen atoms in total. The Labute approximate surface area is 171 Å². The van der Waals surface area contributed by atoms with Gasteiger partial charge in [0.25, 0.3) is 5.91 Å². The molecular weight excluding hydrogens is 411 g/mol. The monoisotopic (exact) mass is 429 g/mol. The summed E-state index contributed by atoms with van der Waals surface area (Å²) in [6, 6.07) is 5.66. The van der Waals surface area contributed by atoms with Gasteiger partial charge in [0, 0.05) is 28.3 Å². The van der Waals surface area contributed by atoms with Crippen LogP contribution < -0.4 is 5.32 Å². The van der Waals surface area contributed by atoms with Crippen LogP contribution in [-0.2, 0) is 4.74 Å². The lowest BCUT2D eigenvalue weighted by atomic mass is 10.1. The SMILES string of the molecule is C1CC2CCC(C1)O2.O=C(Nc1cc(F)c(F)c(F)c1)c1ccc(Cl)c(S)c1.